The SMILES string of the molecule is CCCC/C=C1/c2ccc(-c3cnc([C@@H]4CCCN4C(=O)[C@@H](NC(=O)OC)C(C)C)[nH]3)cc2Oc2ccc(-c3cnc([C@@H]4CCCN4C(=O)[C@@H](NC(=O)OC)C(C)C)[nH]3)cc21. The number of nitrogens with one attached hydrogen (secondary N) is 4. The first kappa shape index (κ1) is 43.0. The number of unbranched alkanes of at least 4 members (excludes halogenated alkanes) is 2. The second kappa shape index (κ2) is 18.7. The molecule has 0 spiro atoms. The van der Waals surface area contributed by atoms with E-state index in [0.717, 1.165) is 95.7 Å². The zero-order chi connectivity index (χ0) is 43.4. The highest BCUT2D eigenvalue weighted by Gasteiger charge is 2.39. The van der Waals surface area contributed by atoms with Crippen LogP contribution in [-0.2, 0) is 19.1 Å². The number of methoxy groups -OCH3 is 2. The summed E-state index contributed by atoms with van der Waals surface area (Å²) in [6.45, 7) is 10.9. The van der Waals surface area contributed by atoms with Gasteiger partial charge in [0.1, 0.15) is 35.2 Å². The lowest BCUT2D eigenvalue weighted by atomic mass is 9.90. The summed E-state index contributed by atoms with van der Waals surface area (Å²) in [5.74, 6) is 2.33. The number of aromatic amines is 2. The first-order valence-electron chi connectivity index (χ1n) is 21.5. The standard InChI is InChI=1S/C46H58N8O7/c1-8-9-10-13-30-31-18-16-29(34-25-48-42(50-34)36-15-12-21-54(36)44(56)40(27(4)5)52-46(58)60-7)23-38(31)61-37-19-17-28(22-32(30)37)33-24-47-41(49-33)35-14-11-20-53(35)43(55)39(26(2)3)51-45(57)59-6/h13,16-19,22-27,35-36,39-40H,8-12,14-15,20-21H2,1-7H3,(H,47,49)(H,48,50)(H,51,57)(H,52,58)/b30-13-/t35-,36-,39-,40-/m0/s1. The lowest BCUT2D eigenvalue weighted by Gasteiger charge is -2.30. The predicted molar refractivity (Wildman–Crippen MR) is 230 cm³/mol. The smallest absolute Gasteiger partial charge is 0.407 e. The van der Waals surface area contributed by atoms with Crippen molar-refractivity contribution in [1.29, 1.82) is 0 Å². The van der Waals surface area contributed by atoms with Crippen molar-refractivity contribution in [2.75, 3.05) is 27.3 Å². The van der Waals surface area contributed by atoms with Gasteiger partial charge < -0.3 is 44.6 Å². The van der Waals surface area contributed by atoms with E-state index in [-0.39, 0.29) is 35.7 Å². The second-order valence-corrected chi connectivity index (χ2v) is 16.7. The number of aromatic nitrogens is 4. The van der Waals surface area contributed by atoms with Crippen LogP contribution in [0.15, 0.2) is 54.9 Å². The Hall–Kier alpha value is -6.12. The molecule has 61 heavy (non-hydrogen) atoms. The molecule has 2 fully saturated rings. The van der Waals surface area contributed by atoms with Crippen LogP contribution in [0.2, 0.25) is 0 Å². The number of hydrogen-bond acceptors (Lipinski definition) is 9. The largest absolute Gasteiger partial charge is 0.456 e. The maximum Gasteiger partial charge on any atom is 0.407 e. The van der Waals surface area contributed by atoms with E-state index >= 15 is 0 Å². The normalized spacial score (nSPS) is 18.7. The molecule has 0 saturated carbocycles. The number of amides is 4. The summed E-state index contributed by atoms with van der Waals surface area (Å²) in [6.07, 6.45) is 10.8. The third-order valence-electron chi connectivity index (χ3n) is 12.0. The minimum Gasteiger partial charge on any atom is -0.456 e. The maximum atomic E-state index is 13.7. The van der Waals surface area contributed by atoms with Gasteiger partial charge in [-0.05, 0) is 79.8 Å². The number of imidazole rings is 2. The van der Waals surface area contributed by atoms with Gasteiger partial charge in [0.25, 0.3) is 0 Å². The lowest BCUT2D eigenvalue weighted by Crippen LogP contribution is -2.51. The Bertz CT molecular complexity index is 2280. The van der Waals surface area contributed by atoms with Crippen molar-refractivity contribution < 1.29 is 33.4 Å². The highest BCUT2D eigenvalue weighted by molar-refractivity contribution is 5.91. The number of alkyl carbamates (subject to hydrolysis) is 2. The molecule has 7 rings (SSSR count). The van der Waals surface area contributed by atoms with Crippen molar-refractivity contribution in [2.24, 2.45) is 11.8 Å². The molecular formula is C46H58N8O7. The van der Waals surface area contributed by atoms with Gasteiger partial charge in [-0.2, -0.15) is 0 Å². The highest BCUT2D eigenvalue weighted by Crippen LogP contribution is 2.47. The first-order valence-corrected chi connectivity index (χ1v) is 21.5. The van der Waals surface area contributed by atoms with E-state index in [1.165, 1.54) is 14.2 Å². The Morgan fingerprint density at radius 2 is 1.30 bits per heavy atom. The number of hydrogen-bond donors (Lipinski definition) is 4. The zero-order valence-corrected chi connectivity index (χ0v) is 36.2. The highest BCUT2D eigenvalue weighted by atomic mass is 16.5. The monoisotopic (exact) mass is 834 g/mol. The van der Waals surface area contributed by atoms with Crippen molar-refractivity contribution in [3.63, 3.8) is 0 Å². The Morgan fingerprint density at radius 3 is 1.80 bits per heavy atom. The summed E-state index contributed by atoms with van der Waals surface area (Å²) in [5, 5.41) is 5.42. The van der Waals surface area contributed by atoms with Gasteiger partial charge in [-0.15, -0.1) is 0 Å². The van der Waals surface area contributed by atoms with E-state index in [0.29, 0.717) is 24.7 Å². The van der Waals surface area contributed by atoms with Gasteiger partial charge in [0.2, 0.25) is 11.8 Å². The Balaban J connectivity index is 1.12. The number of fused-ring (bicyclic) bond motifs is 2. The summed E-state index contributed by atoms with van der Waals surface area (Å²) < 4.78 is 16.2. The van der Waals surface area contributed by atoms with Crippen LogP contribution in [0, 0.1) is 11.8 Å². The Kier molecular flexibility index (Phi) is 13.1. The van der Waals surface area contributed by atoms with Gasteiger partial charge in [0.05, 0.1) is 50.1 Å². The van der Waals surface area contributed by atoms with Gasteiger partial charge in [-0.25, -0.2) is 19.6 Å². The van der Waals surface area contributed by atoms with Crippen LogP contribution in [0.1, 0.15) is 114 Å². The van der Waals surface area contributed by atoms with E-state index in [4.69, 9.17) is 24.2 Å². The molecule has 4 atom stereocenters. The molecule has 4 N–H and O–H groups in total. The average molecular weight is 835 g/mol. The fraction of sp³-hybridized carbons (Fsp3) is 0.478. The fourth-order valence-electron chi connectivity index (χ4n) is 8.62. The van der Waals surface area contributed by atoms with Gasteiger partial charge in [0, 0.05) is 35.3 Å². The number of rotatable bonds is 13. The summed E-state index contributed by atoms with van der Waals surface area (Å²) in [7, 11) is 2.58. The van der Waals surface area contributed by atoms with Crippen LogP contribution in [0.25, 0.3) is 28.1 Å². The van der Waals surface area contributed by atoms with Crippen molar-refractivity contribution >= 4 is 29.6 Å². The summed E-state index contributed by atoms with van der Waals surface area (Å²) in [4.78, 5) is 71.7. The number of nitrogens with zero attached hydrogens (tertiary/aromatic N) is 4. The molecule has 15 nitrogen and oxygen atoms in total. The number of benzene rings is 2. The molecule has 3 aliphatic heterocycles. The van der Waals surface area contributed by atoms with Crippen LogP contribution >= 0.6 is 0 Å². The van der Waals surface area contributed by atoms with E-state index in [1.54, 1.807) is 6.20 Å². The van der Waals surface area contributed by atoms with Gasteiger partial charge >= 0.3 is 12.2 Å². The van der Waals surface area contributed by atoms with Crippen LogP contribution in [0.5, 0.6) is 11.5 Å². The van der Waals surface area contributed by atoms with E-state index in [1.807, 2.05) is 61.9 Å². The number of carbonyl (C=O) groups excluding carboxylic acids is 4. The molecule has 0 bridgehead atoms. The van der Waals surface area contributed by atoms with Crippen molar-refractivity contribution in [3.8, 4) is 34.0 Å². The molecule has 2 aromatic heterocycles. The van der Waals surface area contributed by atoms with Gasteiger partial charge in [-0.1, -0.05) is 59.6 Å². The molecule has 3 aliphatic rings. The van der Waals surface area contributed by atoms with Crippen molar-refractivity contribution in [3.05, 3.63) is 77.6 Å². The third kappa shape index (κ3) is 9.01. The van der Waals surface area contributed by atoms with Crippen LogP contribution in [0.4, 0.5) is 9.59 Å². The van der Waals surface area contributed by atoms with Gasteiger partial charge in [0.15, 0.2) is 0 Å². The summed E-state index contributed by atoms with van der Waals surface area (Å²) >= 11 is 0. The molecule has 0 radical (unpaired) electrons. The number of likely N-dealkylation sites (tertiary alicyclic amines) is 2. The minimum atomic E-state index is -0.710. The quantitative estimate of drug-likeness (QED) is 0.0848. The van der Waals surface area contributed by atoms with E-state index < -0.39 is 24.3 Å². The van der Waals surface area contributed by atoms with E-state index in [2.05, 4.69) is 51.8 Å². The molecule has 0 unspecified atom stereocenters. The molecule has 4 amide bonds. The minimum absolute atomic E-state index is 0.123. The van der Waals surface area contributed by atoms with E-state index in [9.17, 15) is 19.2 Å². The predicted octanol–water partition coefficient (Wildman–Crippen LogP) is 8.28. The molecule has 2 aromatic carbocycles. The van der Waals surface area contributed by atoms with Crippen molar-refractivity contribution in [1.82, 2.24) is 40.4 Å². The maximum absolute atomic E-state index is 13.7. The topological polar surface area (TPSA) is 184 Å². The molecular weight excluding hydrogens is 777 g/mol. The van der Waals surface area contributed by atoms with Gasteiger partial charge in [-0.3, -0.25) is 9.59 Å². The third-order valence-corrected chi connectivity index (χ3v) is 12.0. The number of carbonyl (C=O) groups is 4. The van der Waals surface area contributed by atoms with Crippen LogP contribution in [0.3, 0.4) is 0 Å². The zero-order valence-electron chi connectivity index (χ0n) is 36.2. The number of allylic oxidation sites excluding steroid dienone is 1. The summed E-state index contributed by atoms with van der Waals surface area (Å²) in [6, 6.07) is 10.4. The molecule has 0 aliphatic carbocycles. The second-order valence-electron chi connectivity index (χ2n) is 16.7. The molecule has 4 aromatic rings. The number of H-pyrrole nitrogens is 2. The average Bonchev–Trinajstić information content (AvgIpc) is 4.10. The Morgan fingerprint density at radius 1 is 0.770 bits per heavy atom. The molecule has 2 saturated heterocycles. The van der Waals surface area contributed by atoms with Crippen LogP contribution < -0.4 is 15.4 Å². The lowest BCUT2D eigenvalue weighted by molar-refractivity contribution is -0.136. The first-order chi connectivity index (χ1) is 29.4. The van der Waals surface area contributed by atoms with Crippen LogP contribution in [-0.4, -0.2) is 93.1 Å². The fourth-order valence-corrected chi connectivity index (χ4v) is 8.62. The Labute approximate surface area is 357 Å². The van der Waals surface area contributed by atoms with Crippen molar-refractivity contribution in [2.45, 2.75) is 104 Å². The molecule has 15 heteroatoms. The number of ether oxygens (including phenoxy) is 3. The summed E-state index contributed by atoms with van der Waals surface area (Å²) in [5.41, 5.74) is 6.54. The molecule has 324 valence electrons. The molecule has 5 heterocycles.